The van der Waals surface area contributed by atoms with Crippen LogP contribution in [0, 0.1) is 5.92 Å². The minimum absolute atomic E-state index is 0.507. The van der Waals surface area contributed by atoms with Gasteiger partial charge in [0, 0.05) is 25.3 Å². The molecule has 0 spiro atoms. The van der Waals surface area contributed by atoms with Crippen LogP contribution >= 0.6 is 0 Å². The van der Waals surface area contributed by atoms with Gasteiger partial charge in [0.1, 0.15) is 5.75 Å². The van der Waals surface area contributed by atoms with Crippen molar-refractivity contribution < 1.29 is 14.0 Å². The van der Waals surface area contributed by atoms with E-state index in [9.17, 15) is 0 Å². The van der Waals surface area contributed by atoms with Crippen molar-refractivity contribution in [1.82, 2.24) is 15.0 Å². The largest absolute Gasteiger partial charge is 0.497 e. The molecule has 1 aromatic carbocycles. The second-order valence-electron chi connectivity index (χ2n) is 6.28. The number of hydrogen-bond donors (Lipinski definition) is 0. The number of nitrogens with zero attached hydrogens (tertiary/aromatic N) is 3. The lowest BCUT2D eigenvalue weighted by molar-refractivity contribution is 0.102. The van der Waals surface area contributed by atoms with Gasteiger partial charge in [0.05, 0.1) is 20.3 Å². The van der Waals surface area contributed by atoms with E-state index in [1.807, 2.05) is 24.3 Å². The van der Waals surface area contributed by atoms with Crippen molar-refractivity contribution in [2.75, 3.05) is 27.4 Å². The van der Waals surface area contributed by atoms with E-state index in [1.54, 1.807) is 14.2 Å². The Morgan fingerprint density at radius 3 is 2.88 bits per heavy atom. The highest BCUT2D eigenvalue weighted by Crippen LogP contribution is 2.35. The summed E-state index contributed by atoms with van der Waals surface area (Å²) in [5.41, 5.74) is 0.892. The van der Waals surface area contributed by atoms with Crippen LogP contribution in [0.2, 0.25) is 0 Å². The molecular weight excluding hydrogens is 306 g/mol. The van der Waals surface area contributed by atoms with Gasteiger partial charge in [0.25, 0.3) is 0 Å². The lowest BCUT2D eigenvalue weighted by atomic mass is 10.2. The zero-order chi connectivity index (χ0) is 16.9. The fraction of sp³-hybridized carbons (Fsp3) is 0.556. The third-order valence-electron chi connectivity index (χ3n) is 4.60. The quantitative estimate of drug-likeness (QED) is 0.704. The van der Waals surface area contributed by atoms with Crippen molar-refractivity contribution >= 4 is 0 Å². The maximum Gasteiger partial charge on any atom is 0.241 e. The number of methoxy groups -OCH3 is 2. The Morgan fingerprint density at radius 1 is 1.33 bits per heavy atom. The molecule has 6 heteroatoms. The summed E-state index contributed by atoms with van der Waals surface area (Å²) in [6, 6.07) is 8.18. The van der Waals surface area contributed by atoms with Crippen LogP contribution in [-0.4, -0.2) is 48.5 Å². The summed E-state index contributed by atoms with van der Waals surface area (Å²) >= 11 is 0. The van der Waals surface area contributed by atoms with Crippen LogP contribution in [0.15, 0.2) is 28.8 Å². The molecule has 1 fully saturated rings. The van der Waals surface area contributed by atoms with Crippen molar-refractivity contribution in [3.63, 3.8) is 0 Å². The summed E-state index contributed by atoms with van der Waals surface area (Å²) in [6.45, 7) is 4.49. The molecule has 3 rings (SSSR count). The Bertz CT molecular complexity index is 654. The van der Waals surface area contributed by atoms with E-state index in [0.717, 1.165) is 23.8 Å². The molecule has 1 aliphatic carbocycles. The van der Waals surface area contributed by atoms with Crippen molar-refractivity contribution in [3.05, 3.63) is 30.2 Å². The van der Waals surface area contributed by atoms with Gasteiger partial charge in [0.2, 0.25) is 11.7 Å². The molecule has 0 N–H and O–H groups in total. The van der Waals surface area contributed by atoms with E-state index < -0.39 is 0 Å². The molecule has 0 radical (unpaired) electrons. The average Bonchev–Trinajstić information content (AvgIpc) is 3.36. The molecule has 1 aromatic heterocycles. The molecule has 0 aliphatic heterocycles. The van der Waals surface area contributed by atoms with E-state index >= 15 is 0 Å². The average molecular weight is 331 g/mol. The molecule has 0 unspecified atom stereocenters. The zero-order valence-electron chi connectivity index (χ0n) is 14.6. The maximum atomic E-state index is 5.47. The van der Waals surface area contributed by atoms with Gasteiger partial charge in [-0.25, -0.2) is 0 Å². The van der Waals surface area contributed by atoms with E-state index in [0.29, 0.717) is 30.9 Å². The van der Waals surface area contributed by atoms with Crippen LogP contribution in [0.5, 0.6) is 5.75 Å². The van der Waals surface area contributed by atoms with Gasteiger partial charge in [-0.15, -0.1) is 0 Å². The topological polar surface area (TPSA) is 60.6 Å². The summed E-state index contributed by atoms with van der Waals surface area (Å²) in [5.74, 6) is 2.79. The maximum absolute atomic E-state index is 5.47. The molecule has 6 nitrogen and oxygen atoms in total. The molecule has 0 amide bonds. The van der Waals surface area contributed by atoms with Gasteiger partial charge in [-0.2, -0.15) is 4.98 Å². The summed E-state index contributed by atoms with van der Waals surface area (Å²) in [4.78, 5) is 6.92. The molecule has 0 saturated heterocycles. The molecule has 2 aromatic rings. The van der Waals surface area contributed by atoms with Crippen LogP contribution in [0.25, 0.3) is 11.4 Å². The normalized spacial score (nSPS) is 15.7. The Labute approximate surface area is 142 Å². The van der Waals surface area contributed by atoms with Crippen LogP contribution in [0.1, 0.15) is 25.7 Å². The van der Waals surface area contributed by atoms with E-state index in [-0.39, 0.29) is 0 Å². The minimum Gasteiger partial charge on any atom is -0.497 e. The first-order valence-electron chi connectivity index (χ1n) is 8.41. The molecular formula is C18H25N3O3. The molecule has 1 atom stereocenters. The van der Waals surface area contributed by atoms with Crippen LogP contribution in [-0.2, 0) is 11.3 Å². The second kappa shape index (κ2) is 7.77. The summed E-state index contributed by atoms with van der Waals surface area (Å²) in [7, 11) is 3.38. The van der Waals surface area contributed by atoms with Crippen molar-refractivity contribution in [3.8, 4) is 17.1 Å². The number of hydrogen-bond acceptors (Lipinski definition) is 6. The first kappa shape index (κ1) is 16.9. The van der Waals surface area contributed by atoms with Gasteiger partial charge in [0.15, 0.2) is 0 Å². The molecule has 1 heterocycles. The third-order valence-corrected chi connectivity index (χ3v) is 4.60. The van der Waals surface area contributed by atoms with E-state index in [4.69, 9.17) is 14.0 Å². The Balaban J connectivity index is 1.70. The fourth-order valence-electron chi connectivity index (χ4n) is 2.88. The van der Waals surface area contributed by atoms with Gasteiger partial charge in [-0.1, -0.05) is 17.3 Å². The van der Waals surface area contributed by atoms with Crippen LogP contribution in [0.3, 0.4) is 0 Å². The summed E-state index contributed by atoms with van der Waals surface area (Å²) in [6.07, 6.45) is 2.62. The highest BCUT2D eigenvalue weighted by atomic mass is 16.5. The van der Waals surface area contributed by atoms with Gasteiger partial charge in [-0.3, -0.25) is 4.90 Å². The standard InChI is InChI=1S/C18H25N3O3/c1-13(14-7-8-14)21(9-10-22-2)12-17-19-18(20-24-17)15-5-4-6-16(11-15)23-3/h4-6,11,13-14H,7-10,12H2,1-3H3/t13-/m1/s1. The Hall–Kier alpha value is -1.92. The Morgan fingerprint density at radius 2 is 2.17 bits per heavy atom. The number of ether oxygens (including phenoxy) is 2. The van der Waals surface area contributed by atoms with Crippen molar-refractivity contribution in [2.45, 2.75) is 32.4 Å². The summed E-state index contributed by atoms with van der Waals surface area (Å²) in [5, 5.41) is 4.12. The third kappa shape index (κ3) is 4.13. The smallest absolute Gasteiger partial charge is 0.241 e. The molecule has 130 valence electrons. The zero-order valence-corrected chi connectivity index (χ0v) is 14.6. The summed E-state index contributed by atoms with van der Waals surface area (Å²) < 4.78 is 16.0. The van der Waals surface area contributed by atoms with Crippen molar-refractivity contribution in [1.29, 1.82) is 0 Å². The predicted octanol–water partition coefficient (Wildman–Crippen LogP) is 2.99. The molecule has 1 saturated carbocycles. The number of aromatic nitrogens is 2. The van der Waals surface area contributed by atoms with Gasteiger partial charge < -0.3 is 14.0 Å². The van der Waals surface area contributed by atoms with Crippen LogP contribution in [0.4, 0.5) is 0 Å². The molecule has 0 bridgehead atoms. The first-order valence-corrected chi connectivity index (χ1v) is 8.41. The lowest BCUT2D eigenvalue weighted by Gasteiger charge is -2.27. The second-order valence-corrected chi connectivity index (χ2v) is 6.28. The predicted molar refractivity (Wildman–Crippen MR) is 90.8 cm³/mol. The highest BCUT2D eigenvalue weighted by Gasteiger charge is 2.32. The number of benzene rings is 1. The minimum atomic E-state index is 0.507. The van der Waals surface area contributed by atoms with E-state index in [1.165, 1.54) is 12.8 Å². The molecule has 1 aliphatic rings. The molecule has 24 heavy (non-hydrogen) atoms. The fourth-order valence-corrected chi connectivity index (χ4v) is 2.88. The SMILES string of the molecule is COCCN(Cc1nc(-c2cccc(OC)c2)no1)[C@H](C)C1CC1. The Kier molecular flexibility index (Phi) is 5.48. The van der Waals surface area contributed by atoms with E-state index in [2.05, 4.69) is 22.0 Å². The highest BCUT2D eigenvalue weighted by molar-refractivity contribution is 5.56. The van der Waals surface area contributed by atoms with Gasteiger partial charge >= 0.3 is 0 Å². The van der Waals surface area contributed by atoms with Crippen LogP contribution < -0.4 is 4.74 Å². The van der Waals surface area contributed by atoms with Crippen molar-refractivity contribution in [2.24, 2.45) is 5.92 Å². The first-order chi connectivity index (χ1) is 11.7. The monoisotopic (exact) mass is 331 g/mol. The lowest BCUT2D eigenvalue weighted by Crippen LogP contribution is -2.36. The van der Waals surface area contributed by atoms with Gasteiger partial charge in [-0.05, 0) is 37.8 Å². The number of rotatable bonds is 9.